The number of ether oxygens (including phenoxy) is 2. The van der Waals surface area contributed by atoms with E-state index in [0.717, 1.165) is 18.7 Å². The van der Waals surface area contributed by atoms with Crippen molar-refractivity contribution in [1.29, 1.82) is 0 Å². The number of allylic oxidation sites excluding steroid dienone is 1. The zero-order chi connectivity index (χ0) is 21.7. The van der Waals surface area contributed by atoms with Crippen LogP contribution in [0, 0.1) is 5.82 Å². The number of hydrogen-bond donors (Lipinski definition) is 0. The molecule has 7 heteroatoms. The second kappa shape index (κ2) is 9.71. The highest BCUT2D eigenvalue weighted by atomic mass is 19.1. The van der Waals surface area contributed by atoms with E-state index in [9.17, 15) is 14.0 Å². The number of halogens is 1. The number of carbonyl (C=O) groups is 1. The Morgan fingerprint density at radius 1 is 1.20 bits per heavy atom. The molecule has 0 spiro atoms. The summed E-state index contributed by atoms with van der Waals surface area (Å²) in [4.78, 5) is 27.7. The van der Waals surface area contributed by atoms with Crippen LogP contribution >= 0.6 is 0 Å². The molecule has 0 radical (unpaired) electrons. The van der Waals surface area contributed by atoms with Gasteiger partial charge in [-0.2, -0.15) is 0 Å². The van der Waals surface area contributed by atoms with Gasteiger partial charge in [0.1, 0.15) is 23.7 Å². The number of pyridine rings is 1. The summed E-state index contributed by atoms with van der Waals surface area (Å²) in [5.41, 5.74) is 2.68. The summed E-state index contributed by atoms with van der Waals surface area (Å²) < 4.78 is 25.6. The van der Waals surface area contributed by atoms with Crippen LogP contribution in [0.2, 0.25) is 0 Å². The van der Waals surface area contributed by atoms with Crippen molar-refractivity contribution in [3.8, 4) is 5.75 Å². The standard InChI is InChI=1S/C23H27FN2O4/c1-4-16(2)14-25-10-9-19-22(23(28)29-3)20(13-21(27)26(19)12-11-25)30-15-17-5-7-18(24)8-6-17/h4-8,13H,9-12,14-15H2,1-3H3. The van der Waals surface area contributed by atoms with Crippen LogP contribution in [-0.4, -0.2) is 42.2 Å². The fourth-order valence-corrected chi connectivity index (χ4v) is 3.57. The summed E-state index contributed by atoms with van der Waals surface area (Å²) in [7, 11) is 1.31. The van der Waals surface area contributed by atoms with E-state index in [1.807, 2.05) is 6.92 Å². The van der Waals surface area contributed by atoms with Gasteiger partial charge in [-0.25, -0.2) is 9.18 Å². The first-order valence-electron chi connectivity index (χ1n) is 9.99. The lowest BCUT2D eigenvalue weighted by Crippen LogP contribution is -2.30. The zero-order valence-electron chi connectivity index (χ0n) is 17.6. The van der Waals surface area contributed by atoms with E-state index in [2.05, 4.69) is 17.9 Å². The Balaban J connectivity index is 1.92. The molecule has 30 heavy (non-hydrogen) atoms. The molecule has 2 aromatic rings. The molecule has 0 N–H and O–H groups in total. The van der Waals surface area contributed by atoms with E-state index in [4.69, 9.17) is 9.47 Å². The first kappa shape index (κ1) is 21.8. The van der Waals surface area contributed by atoms with E-state index < -0.39 is 5.97 Å². The summed E-state index contributed by atoms with van der Waals surface area (Å²) in [5.74, 6) is -0.679. The van der Waals surface area contributed by atoms with Crippen molar-refractivity contribution < 1.29 is 18.7 Å². The highest BCUT2D eigenvalue weighted by Crippen LogP contribution is 2.25. The Labute approximate surface area is 175 Å². The molecule has 0 saturated carbocycles. The zero-order valence-corrected chi connectivity index (χ0v) is 17.6. The second-order valence-corrected chi connectivity index (χ2v) is 7.39. The predicted molar refractivity (Wildman–Crippen MR) is 112 cm³/mol. The first-order chi connectivity index (χ1) is 14.4. The summed E-state index contributed by atoms with van der Waals surface area (Å²) >= 11 is 0. The third-order valence-electron chi connectivity index (χ3n) is 5.35. The number of rotatable bonds is 6. The molecule has 1 aromatic carbocycles. The normalized spacial score (nSPS) is 14.7. The monoisotopic (exact) mass is 414 g/mol. The second-order valence-electron chi connectivity index (χ2n) is 7.39. The average molecular weight is 414 g/mol. The lowest BCUT2D eigenvalue weighted by atomic mass is 10.1. The third-order valence-corrected chi connectivity index (χ3v) is 5.35. The van der Waals surface area contributed by atoms with Gasteiger partial charge >= 0.3 is 5.97 Å². The highest BCUT2D eigenvalue weighted by molar-refractivity contribution is 5.93. The average Bonchev–Trinajstić information content (AvgIpc) is 2.96. The van der Waals surface area contributed by atoms with Crippen molar-refractivity contribution in [2.75, 3.05) is 26.7 Å². The van der Waals surface area contributed by atoms with Gasteiger partial charge in [-0.3, -0.25) is 9.69 Å². The highest BCUT2D eigenvalue weighted by Gasteiger charge is 2.26. The van der Waals surface area contributed by atoms with Crippen molar-refractivity contribution in [1.82, 2.24) is 9.47 Å². The summed E-state index contributed by atoms with van der Waals surface area (Å²) in [6.07, 6.45) is 2.61. The molecular formula is C23H27FN2O4. The number of benzene rings is 1. The van der Waals surface area contributed by atoms with E-state index >= 15 is 0 Å². The Morgan fingerprint density at radius 3 is 2.60 bits per heavy atom. The number of fused-ring (bicyclic) bond motifs is 1. The Morgan fingerprint density at radius 2 is 1.93 bits per heavy atom. The molecule has 2 heterocycles. The van der Waals surface area contributed by atoms with Crippen molar-refractivity contribution >= 4 is 5.97 Å². The largest absolute Gasteiger partial charge is 0.488 e. The molecule has 0 amide bonds. The molecular weight excluding hydrogens is 387 g/mol. The number of esters is 1. The topological polar surface area (TPSA) is 60.8 Å². The van der Waals surface area contributed by atoms with Gasteiger partial charge in [0.15, 0.2) is 0 Å². The Bertz CT molecular complexity index is 995. The lowest BCUT2D eigenvalue weighted by Gasteiger charge is -2.19. The molecule has 1 aliphatic rings. The van der Waals surface area contributed by atoms with Crippen LogP contribution in [0.5, 0.6) is 5.75 Å². The van der Waals surface area contributed by atoms with Gasteiger partial charge in [0.05, 0.1) is 7.11 Å². The summed E-state index contributed by atoms with van der Waals surface area (Å²) in [6.45, 7) is 6.94. The maximum absolute atomic E-state index is 13.1. The molecule has 0 aliphatic carbocycles. The maximum atomic E-state index is 13.1. The van der Waals surface area contributed by atoms with Gasteiger partial charge in [0.2, 0.25) is 0 Å². The molecule has 0 saturated heterocycles. The van der Waals surface area contributed by atoms with Gasteiger partial charge in [-0.05, 0) is 31.5 Å². The van der Waals surface area contributed by atoms with Gasteiger partial charge in [-0.15, -0.1) is 0 Å². The quantitative estimate of drug-likeness (QED) is 0.537. The number of carbonyl (C=O) groups excluding carboxylic acids is 1. The number of nitrogens with zero attached hydrogens (tertiary/aromatic N) is 2. The van der Waals surface area contributed by atoms with Crippen molar-refractivity contribution in [3.05, 3.63) is 75.0 Å². The van der Waals surface area contributed by atoms with Crippen molar-refractivity contribution in [3.63, 3.8) is 0 Å². The Hall–Kier alpha value is -2.93. The van der Waals surface area contributed by atoms with Gasteiger partial charge in [0, 0.05) is 44.4 Å². The smallest absolute Gasteiger partial charge is 0.343 e. The minimum Gasteiger partial charge on any atom is -0.488 e. The SMILES string of the molecule is CC=C(C)CN1CCc2c(C(=O)OC)c(OCc3ccc(F)cc3)cc(=O)n2CC1. The molecule has 0 atom stereocenters. The maximum Gasteiger partial charge on any atom is 0.343 e. The van der Waals surface area contributed by atoms with Crippen LogP contribution in [0.4, 0.5) is 4.39 Å². The number of methoxy groups -OCH3 is 1. The van der Waals surface area contributed by atoms with E-state index in [-0.39, 0.29) is 29.3 Å². The third kappa shape index (κ3) is 4.97. The molecule has 1 aromatic heterocycles. The van der Waals surface area contributed by atoms with Crippen molar-refractivity contribution in [2.24, 2.45) is 0 Å². The van der Waals surface area contributed by atoms with E-state index in [1.165, 1.54) is 30.9 Å². The number of hydrogen-bond acceptors (Lipinski definition) is 5. The minimum absolute atomic E-state index is 0.111. The van der Waals surface area contributed by atoms with Gasteiger partial charge < -0.3 is 14.0 Å². The van der Waals surface area contributed by atoms with Gasteiger partial charge in [0.25, 0.3) is 5.56 Å². The fourth-order valence-electron chi connectivity index (χ4n) is 3.57. The molecule has 0 fully saturated rings. The van der Waals surface area contributed by atoms with Crippen molar-refractivity contribution in [2.45, 2.75) is 33.4 Å². The van der Waals surface area contributed by atoms with Crippen LogP contribution < -0.4 is 10.3 Å². The molecule has 160 valence electrons. The molecule has 1 aliphatic heterocycles. The molecule has 3 rings (SSSR count). The van der Waals surface area contributed by atoms with Gasteiger partial charge in [-0.1, -0.05) is 23.8 Å². The van der Waals surface area contributed by atoms with E-state index in [1.54, 1.807) is 16.7 Å². The van der Waals surface area contributed by atoms with Crippen LogP contribution in [-0.2, 0) is 24.3 Å². The summed E-state index contributed by atoms with van der Waals surface area (Å²) in [5, 5.41) is 0. The lowest BCUT2D eigenvalue weighted by molar-refractivity contribution is 0.0592. The fraction of sp³-hybridized carbons (Fsp3) is 0.391. The minimum atomic E-state index is -0.536. The molecule has 0 unspecified atom stereocenters. The molecule has 0 bridgehead atoms. The first-order valence-corrected chi connectivity index (χ1v) is 9.99. The Kier molecular flexibility index (Phi) is 7.05. The number of aromatic nitrogens is 1. The van der Waals surface area contributed by atoms with Crippen LogP contribution in [0.25, 0.3) is 0 Å². The van der Waals surface area contributed by atoms with Crippen LogP contribution in [0.1, 0.15) is 35.5 Å². The van der Waals surface area contributed by atoms with Crippen LogP contribution in [0.3, 0.4) is 0 Å². The van der Waals surface area contributed by atoms with E-state index in [0.29, 0.717) is 25.2 Å². The predicted octanol–water partition coefficient (Wildman–Crippen LogP) is 3.18. The van der Waals surface area contributed by atoms with Crippen LogP contribution in [0.15, 0.2) is 46.8 Å². The molecule has 6 nitrogen and oxygen atoms in total. The summed E-state index contributed by atoms with van der Waals surface area (Å²) in [6, 6.07) is 7.22.